The topological polar surface area (TPSA) is 55.0 Å². The third-order valence-corrected chi connectivity index (χ3v) is 10.5. The van der Waals surface area contributed by atoms with Crippen LogP contribution >= 0.6 is 7.41 Å². The molecule has 0 aliphatic carbocycles. The van der Waals surface area contributed by atoms with E-state index >= 15 is 0 Å². The van der Waals surface area contributed by atoms with E-state index in [1.165, 1.54) is 20.4 Å². The summed E-state index contributed by atoms with van der Waals surface area (Å²) in [5, 5.41) is 7.54. The SMILES string of the molecule is Cc1c(C)n2c(CN[P+](c3ccccc3)(c3ccccc3)c3ccccc3)c(C)c(=O)n2c1=O.[Cl-]. The maximum Gasteiger partial charge on any atom is 0.277 e. The molecule has 0 saturated carbocycles. The molecule has 2 aromatic heterocycles. The van der Waals surface area contributed by atoms with Crippen LogP contribution < -0.4 is 44.5 Å². The largest absolute Gasteiger partial charge is 1.00 e. The molecule has 5 aromatic rings. The Hall–Kier alpha value is -3.24. The number of nitrogens with one attached hydrogen (secondary N) is 1. The Morgan fingerprint density at radius 1 is 0.629 bits per heavy atom. The zero-order chi connectivity index (χ0) is 23.9. The van der Waals surface area contributed by atoms with Gasteiger partial charge in [0.05, 0.1) is 12.2 Å². The number of hydrogen-bond acceptors (Lipinski definition) is 3. The average Bonchev–Trinajstić information content (AvgIpc) is 3.27. The molecule has 0 fully saturated rings. The molecule has 0 unspecified atom stereocenters. The van der Waals surface area contributed by atoms with Gasteiger partial charge >= 0.3 is 0 Å². The van der Waals surface area contributed by atoms with Gasteiger partial charge in [-0.2, -0.15) is 9.60 Å². The second kappa shape index (κ2) is 9.79. The number of aryl methyl sites for hydroxylation is 1. The second-order valence-electron chi connectivity index (χ2n) is 8.53. The van der Waals surface area contributed by atoms with Crippen LogP contribution in [0, 0.1) is 20.8 Å². The predicted octanol–water partition coefficient (Wildman–Crippen LogP) is 0.125. The van der Waals surface area contributed by atoms with Gasteiger partial charge < -0.3 is 12.4 Å². The van der Waals surface area contributed by atoms with Gasteiger partial charge in [-0.3, -0.25) is 9.59 Å². The summed E-state index contributed by atoms with van der Waals surface area (Å²) in [6, 6.07) is 31.5. The first-order valence-corrected chi connectivity index (χ1v) is 13.1. The van der Waals surface area contributed by atoms with Crippen LogP contribution in [0.4, 0.5) is 0 Å². The van der Waals surface area contributed by atoms with Gasteiger partial charge in [-0.15, -0.1) is 0 Å². The van der Waals surface area contributed by atoms with Crippen LogP contribution in [-0.2, 0) is 6.54 Å². The molecule has 0 aliphatic rings. The highest BCUT2D eigenvalue weighted by atomic mass is 35.5. The van der Waals surface area contributed by atoms with Gasteiger partial charge in [-0.25, -0.2) is 4.52 Å². The summed E-state index contributed by atoms with van der Waals surface area (Å²) in [7, 11) is -2.28. The molecule has 178 valence electrons. The summed E-state index contributed by atoms with van der Waals surface area (Å²) in [4.78, 5) is 25.7. The van der Waals surface area contributed by atoms with Crippen molar-refractivity contribution in [1.29, 1.82) is 0 Å². The first-order valence-electron chi connectivity index (χ1n) is 11.3. The summed E-state index contributed by atoms with van der Waals surface area (Å²) >= 11 is 0. The Bertz CT molecular complexity index is 1470. The molecule has 5 nitrogen and oxygen atoms in total. The molecule has 35 heavy (non-hydrogen) atoms. The molecule has 0 radical (unpaired) electrons. The number of benzene rings is 3. The third-order valence-electron chi connectivity index (χ3n) is 6.69. The summed E-state index contributed by atoms with van der Waals surface area (Å²) in [6.45, 7) is 5.92. The molecule has 0 atom stereocenters. The van der Waals surface area contributed by atoms with Crippen molar-refractivity contribution in [3.63, 3.8) is 0 Å². The van der Waals surface area contributed by atoms with Gasteiger partial charge in [-0.05, 0) is 57.2 Å². The molecular weight excluding hydrogens is 477 g/mol. The first-order chi connectivity index (χ1) is 16.5. The molecule has 0 saturated heterocycles. The first kappa shape index (κ1) is 24.9. The van der Waals surface area contributed by atoms with E-state index < -0.39 is 7.41 Å². The van der Waals surface area contributed by atoms with Gasteiger partial charge in [0.1, 0.15) is 15.9 Å². The molecule has 3 aromatic carbocycles. The van der Waals surface area contributed by atoms with Crippen LogP contribution in [0.1, 0.15) is 22.5 Å². The Balaban J connectivity index is 0.00000289. The molecule has 0 spiro atoms. The van der Waals surface area contributed by atoms with Crippen molar-refractivity contribution in [1.82, 2.24) is 14.1 Å². The molecule has 7 heteroatoms. The van der Waals surface area contributed by atoms with E-state index in [1.54, 1.807) is 18.4 Å². The predicted molar refractivity (Wildman–Crippen MR) is 141 cm³/mol. The van der Waals surface area contributed by atoms with Crippen LogP contribution in [0.25, 0.3) is 0 Å². The quantitative estimate of drug-likeness (QED) is 0.335. The Kier molecular flexibility index (Phi) is 6.95. The Morgan fingerprint density at radius 2 is 1.03 bits per heavy atom. The van der Waals surface area contributed by atoms with E-state index in [4.69, 9.17) is 0 Å². The average molecular weight is 504 g/mol. The second-order valence-corrected chi connectivity index (χ2v) is 11.7. The fourth-order valence-electron chi connectivity index (χ4n) is 4.74. The van der Waals surface area contributed by atoms with Crippen molar-refractivity contribution < 1.29 is 12.4 Å². The normalized spacial score (nSPS) is 11.5. The van der Waals surface area contributed by atoms with Crippen LogP contribution in [0.15, 0.2) is 101 Å². The van der Waals surface area contributed by atoms with Gasteiger partial charge in [0, 0.05) is 16.8 Å². The lowest BCUT2D eigenvalue weighted by atomic mass is 10.2. The monoisotopic (exact) mass is 503 g/mol. The lowest BCUT2D eigenvalue weighted by Gasteiger charge is -2.28. The Labute approximate surface area is 211 Å². The summed E-state index contributed by atoms with van der Waals surface area (Å²) in [6.07, 6.45) is 0. The summed E-state index contributed by atoms with van der Waals surface area (Å²) < 4.78 is 3.06. The molecule has 0 amide bonds. The number of hydrogen-bond donors (Lipinski definition) is 1. The molecule has 0 aliphatic heterocycles. The van der Waals surface area contributed by atoms with E-state index in [9.17, 15) is 9.59 Å². The fraction of sp³-hybridized carbons (Fsp3) is 0.143. The molecule has 2 heterocycles. The van der Waals surface area contributed by atoms with Crippen molar-refractivity contribution in [2.75, 3.05) is 0 Å². The van der Waals surface area contributed by atoms with E-state index in [1.807, 2.05) is 25.1 Å². The van der Waals surface area contributed by atoms with Crippen molar-refractivity contribution in [2.24, 2.45) is 0 Å². The van der Waals surface area contributed by atoms with E-state index in [0.29, 0.717) is 17.7 Å². The van der Waals surface area contributed by atoms with Crippen molar-refractivity contribution in [3.05, 3.63) is 134 Å². The van der Waals surface area contributed by atoms with E-state index in [2.05, 4.69) is 77.9 Å². The lowest BCUT2D eigenvalue weighted by Crippen LogP contribution is -3.00. The molecule has 5 rings (SSSR count). The number of nitrogens with zero attached hydrogens (tertiary/aromatic N) is 2. The van der Waals surface area contributed by atoms with Gasteiger partial charge in [-0.1, -0.05) is 54.6 Å². The number of rotatable bonds is 6. The van der Waals surface area contributed by atoms with Gasteiger partial charge in [0.25, 0.3) is 11.1 Å². The Morgan fingerprint density at radius 3 is 1.46 bits per heavy atom. The maximum absolute atomic E-state index is 13.0. The molecule has 1 N–H and O–H groups in total. The summed E-state index contributed by atoms with van der Waals surface area (Å²) in [5.41, 5.74) is 2.33. The fourth-order valence-corrected chi connectivity index (χ4v) is 8.42. The zero-order valence-corrected chi connectivity index (χ0v) is 21.6. The smallest absolute Gasteiger partial charge is 0.277 e. The maximum atomic E-state index is 13.0. The number of aromatic nitrogens is 2. The van der Waals surface area contributed by atoms with E-state index in [-0.39, 0.29) is 23.5 Å². The molecule has 0 bridgehead atoms. The highest BCUT2D eigenvalue weighted by Crippen LogP contribution is 2.51. The van der Waals surface area contributed by atoms with Crippen molar-refractivity contribution in [3.8, 4) is 0 Å². The van der Waals surface area contributed by atoms with Crippen LogP contribution in [0.3, 0.4) is 0 Å². The van der Waals surface area contributed by atoms with Crippen LogP contribution in [-0.4, -0.2) is 9.03 Å². The van der Waals surface area contributed by atoms with Crippen LogP contribution in [0.5, 0.6) is 0 Å². The van der Waals surface area contributed by atoms with Crippen LogP contribution in [0.2, 0.25) is 0 Å². The lowest BCUT2D eigenvalue weighted by molar-refractivity contribution is -0.00000702. The van der Waals surface area contributed by atoms with Gasteiger partial charge in [0.15, 0.2) is 7.41 Å². The molecular formula is C28H27ClN3O2P. The standard InChI is InChI=1S/C28H27N3O2P.ClH/c1-20-22(3)30-26(21(2)28(33)31(30)27(20)32)19-29-34(23-13-7-4-8-14-23,24-15-9-5-10-16-24)25-17-11-6-12-18-25;/h4-18,29H,19H2,1-3H3;1H/q+1;/p-1. The van der Waals surface area contributed by atoms with Gasteiger partial charge in [0.2, 0.25) is 0 Å². The third kappa shape index (κ3) is 3.90. The summed E-state index contributed by atoms with van der Waals surface area (Å²) in [5.74, 6) is 0. The minimum absolute atomic E-state index is 0. The number of halogens is 1. The van der Waals surface area contributed by atoms with Crippen molar-refractivity contribution in [2.45, 2.75) is 27.3 Å². The zero-order valence-electron chi connectivity index (χ0n) is 19.9. The minimum Gasteiger partial charge on any atom is -1.00 e. The minimum atomic E-state index is -2.28. The highest BCUT2D eigenvalue weighted by molar-refractivity contribution is 7.94. The van der Waals surface area contributed by atoms with Crippen molar-refractivity contribution >= 4 is 23.3 Å². The number of fused-ring (bicyclic) bond motifs is 1. The highest BCUT2D eigenvalue weighted by Gasteiger charge is 2.45. The van der Waals surface area contributed by atoms with E-state index in [0.717, 1.165) is 11.4 Å².